The first-order valence-corrected chi connectivity index (χ1v) is 11.0. The second-order valence-electron chi connectivity index (χ2n) is 8.86. The smallest absolute Gasteiger partial charge is 0.423 e. The zero-order valence-corrected chi connectivity index (χ0v) is 20.1. The molecule has 1 aliphatic rings. The molecule has 0 saturated carbocycles. The number of nitrogens with zero attached hydrogens (tertiary/aromatic N) is 1. The molecular weight excluding hydrogens is 457 g/mol. The van der Waals surface area contributed by atoms with Gasteiger partial charge in [0.25, 0.3) is 5.91 Å². The summed E-state index contributed by atoms with van der Waals surface area (Å²) in [5.41, 5.74) is 3.25. The fourth-order valence-electron chi connectivity index (χ4n) is 3.30. The van der Waals surface area contributed by atoms with Gasteiger partial charge in [-0.05, 0) is 46.6 Å². The first-order valence-electron chi connectivity index (χ1n) is 10.6. The number of rotatable bonds is 6. The van der Waals surface area contributed by atoms with E-state index < -0.39 is 29.5 Å². The summed E-state index contributed by atoms with van der Waals surface area (Å²) in [6, 6.07) is 0.642. The molecule has 2 unspecified atom stereocenters. The van der Waals surface area contributed by atoms with Gasteiger partial charge < -0.3 is 25.4 Å². The quantitative estimate of drug-likeness (QED) is 0.386. The van der Waals surface area contributed by atoms with Crippen LogP contribution in [0.15, 0.2) is 6.07 Å². The lowest BCUT2D eigenvalue weighted by Crippen LogP contribution is -2.41. The Balaban J connectivity index is 2.30. The van der Waals surface area contributed by atoms with Gasteiger partial charge in [0.2, 0.25) is 0 Å². The number of nitrogens with one attached hydrogen (secondary N) is 4. The van der Waals surface area contributed by atoms with Gasteiger partial charge in [-0.1, -0.05) is 18.5 Å². The summed E-state index contributed by atoms with van der Waals surface area (Å²) < 4.78 is 20.4. The third-order valence-corrected chi connectivity index (χ3v) is 5.32. The van der Waals surface area contributed by atoms with Crippen molar-refractivity contribution in [3.63, 3.8) is 0 Å². The van der Waals surface area contributed by atoms with Crippen LogP contribution in [0, 0.1) is 5.82 Å². The van der Waals surface area contributed by atoms with E-state index in [4.69, 9.17) is 21.4 Å². The number of ether oxygens (including phenoxy) is 1. The van der Waals surface area contributed by atoms with Crippen LogP contribution in [0.4, 0.5) is 25.4 Å². The average molecular weight is 488 g/mol. The van der Waals surface area contributed by atoms with Crippen molar-refractivity contribution in [1.82, 2.24) is 16.2 Å². The van der Waals surface area contributed by atoms with Gasteiger partial charge in [0.05, 0.1) is 28.0 Å². The van der Waals surface area contributed by atoms with Crippen LogP contribution in [0.3, 0.4) is 0 Å². The highest BCUT2D eigenvalue weighted by molar-refractivity contribution is 6.37. The van der Waals surface area contributed by atoms with Gasteiger partial charge >= 0.3 is 12.2 Å². The highest BCUT2D eigenvalue weighted by atomic mass is 35.5. The fourth-order valence-corrected chi connectivity index (χ4v) is 3.67. The van der Waals surface area contributed by atoms with Crippen LogP contribution in [0.1, 0.15) is 57.8 Å². The molecule has 184 valence electrons. The van der Waals surface area contributed by atoms with Crippen molar-refractivity contribution in [2.24, 2.45) is 0 Å². The number of hydrogen-bond donors (Lipinski definition) is 5. The normalized spacial score (nSPS) is 16.7. The molecule has 0 spiro atoms. The molecule has 1 aromatic rings. The molecule has 1 aliphatic heterocycles. The van der Waals surface area contributed by atoms with Gasteiger partial charge in [0, 0.05) is 19.1 Å². The molecule has 0 bridgehead atoms. The van der Waals surface area contributed by atoms with E-state index in [1.165, 1.54) is 0 Å². The lowest BCUT2D eigenvalue weighted by Gasteiger charge is -2.26. The number of amides is 3. The number of carbonyl (C=O) groups excluding carboxylic acids is 2. The van der Waals surface area contributed by atoms with Crippen molar-refractivity contribution in [3.8, 4) is 0 Å². The molecule has 0 aliphatic carbocycles. The Labute approximate surface area is 197 Å². The minimum absolute atomic E-state index is 0.00584. The van der Waals surface area contributed by atoms with Gasteiger partial charge in [-0.25, -0.2) is 19.4 Å². The summed E-state index contributed by atoms with van der Waals surface area (Å²) in [5, 5.41) is 14.6. The minimum Gasteiger partial charge on any atom is -0.464 e. The van der Waals surface area contributed by atoms with Crippen molar-refractivity contribution >= 4 is 41.1 Å². The molecule has 0 radical (unpaired) electrons. The first-order chi connectivity index (χ1) is 15.3. The molecule has 5 N–H and O–H groups in total. The molecule has 0 aromatic heterocycles. The maximum absolute atomic E-state index is 15.2. The van der Waals surface area contributed by atoms with E-state index in [1.54, 1.807) is 31.1 Å². The van der Waals surface area contributed by atoms with Crippen molar-refractivity contribution in [3.05, 3.63) is 22.5 Å². The van der Waals surface area contributed by atoms with Gasteiger partial charge in [0.15, 0.2) is 0 Å². The lowest BCUT2D eigenvalue weighted by atomic mass is 10.1. The standard InChI is InChI=1S/C21H31ClFN5O5/c1-6-11(2)24-16-13(18(29)26-27-19(30)31)9-14(23)17(15(16)22)28-8-7-12(10-28)25-20(32)33-21(3,4)5/h9,11-12,24,27H,6-8,10H2,1-5H3,(H,25,32)(H,26,29)(H,30,31). The molecule has 1 aromatic carbocycles. The van der Waals surface area contributed by atoms with Crippen molar-refractivity contribution in [1.29, 1.82) is 0 Å². The predicted molar refractivity (Wildman–Crippen MR) is 123 cm³/mol. The van der Waals surface area contributed by atoms with Gasteiger partial charge in [-0.3, -0.25) is 10.2 Å². The second kappa shape index (κ2) is 10.8. The Morgan fingerprint density at radius 1 is 1.33 bits per heavy atom. The summed E-state index contributed by atoms with van der Waals surface area (Å²) in [6.45, 7) is 9.80. The van der Waals surface area contributed by atoms with E-state index in [9.17, 15) is 14.4 Å². The van der Waals surface area contributed by atoms with Crippen LogP contribution < -0.4 is 26.4 Å². The monoisotopic (exact) mass is 487 g/mol. The molecule has 2 rings (SSSR count). The Hall–Kier alpha value is -2.95. The topological polar surface area (TPSA) is 132 Å². The summed E-state index contributed by atoms with van der Waals surface area (Å²) in [7, 11) is 0. The van der Waals surface area contributed by atoms with Gasteiger partial charge in [-0.15, -0.1) is 0 Å². The number of carboxylic acid groups (broad SMARTS) is 1. The maximum atomic E-state index is 15.2. The number of carbonyl (C=O) groups is 3. The van der Waals surface area contributed by atoms with Gasteiger partial charge in [0.1, 0.15) is 11.4 Å². The molecule has 1 heterocycles. The van der Waals surface area contributed by atoms with E-state index in [1.807, 2.05) is 19.3 Å². The van der Waals surface area contributed by atoms with Crippen LogP contribution in [0.5, 0.6) is 0 Å². The molecule has 3 amide bonds. The Bertz CT molecular complexity index is 908. The van der Waals surface area contributed by atoms with E-state index in [0.717, 1.165) is 6.07 Å². The molecule has 1 saturated heterocycles. The van der Waals surface area contributed by atoms with Crippen molar-refractivity contribution in [2.75, 3.05) is 23.3 Å². The fraction of sp³-hybridized carbons (Fsp3) is 0.571. The maximum Gasteiger partial charge on any atom is 0.423 e. The van der Waals surface area contributed by atoms with Crippen LogP contribution >= 0.6 is 11.6 Å². The van der Waals surface area contributed by atoms with E-state index in [2.05, 4.69) is 10.6 Å². The highest BCUT2D eigenvalue weighted by Crippen LogP contribution is 2.40. The minimum atomic E-state index is -1.47. The molecule has 10 nitrogen and oxygen atoms in total. The van der Waals surface area contributed by atoms with Gasteiger partial charge in [-0.2, -0.15) is 0 Å². The number of anilines is 2. The molecular formula is C21H31ClFN5O5. The van der Waals surface area contributed by atoms with Crippen molar-refractivity contribution in [2.45, 2.75) is 65.1 Å². The average Bonchev–Trinajstić information content (AvgIpc) is 3.13. The summed E-state index contributed by atoms with van der Waals surface area (Å²) in [5.74, 6) is -1.60. The predicted octanol–water partition coefficient (Wildman–Crippen LogP) is 3.71. The Kier molecular flexibility index (Phi) is 8.59. The number of benzene rings is 1. The zero-order valence-electron chi connectivity index (χ0n) is 19.3. The number of hydrazine groups is 1. The summed E-state index contributed by atoms with van der Waals surface area (Å²) in [6.07, 6.45) is -0.779. The molecule has 2 atom stereocenters. The Morgan fingerprint density at radius 3 is 2.58 bits per heavy atom. The third-order valence-electron chi connectivity index (χ3n) is 4.95. The van der Waals surface area contributed by atoms with E-state index in [0.29, 0.717) is 25.9 Å². The highest BCUT2D eigenvalue weighted by Gasteiger charge is 2.31. The lowest BCUT2D eigenvalue weighted by molar-refractivity contribution is 0.0508. The molecule has 12 heteroatoms. The summed E-state index contributed by atoms with van der Waals surface area (Å²) in [4.78, 5) is 37.0. The van der Waals surface area contributed by atoms with E-state index >= 15 is 4.39 Å². The van der Waals surface area contributed by atoms with Crippen LogP contribution in [0.2, 0.25) is 5.02 Å². The largest absolute Gasteiger partial charge is 0.464 e. The number of hydrogen-bond acceptors (Lipinski definition) is 6. The first kappa shape index (κ1) is 26.3. The zero-order chi connectivity index (χ0) is 24.9. The van der Waals surface area contributed by atoms with Crippen LogP contribution in [0.25, 0.3) is 0 Å². The van der Waals surface area contributed by atoms with Crippen LogP contribution in [-0.4, -0.2) is 54.0 Å². The molecule has 33 heavy (non-hydrogen) atoms. The molecule has 1 fully saturated rings. The third kappa shape index (κ3) is 7.28. The second-order valence-corrected chi connectivity index (χ2v) is 9.24. The number of halogens is 2. The SMILES string of the molecule is CCC(C)Nc1c(C(=O)NNC(=O)O)cc(F)c(N2CCC(NC(=O)OC(C)(C)C)C2)c1Cl. The number of alkyl carbamates (subject to hydrolysis) is 1. The van der Waals surface area contributed by atoms with Crippen LogP contribution in [-0.2, 0) is 4.74 Å². The Morgan fingerprint density at radius 2 is 2.00 bits per heavy atom. The van der Waals surface area contributed by atoms with Crippen molar-refractivity contribution < 1.29 is 28.6 Å². The van der Waals surface area contributed by atoms with E-state index in [-0.39, 0.29) is 34.0 Å². The summed E-state index contributed by atoms with van der Waals surface area (Å²) >= 11 is 6.57.